The van der Waals surface area contributed by atoms with Crippen molar-refractivity contribution >= 4 is 17.9 Å². The van der Waals surface area contributed by atoms with Crippen molar-refractivity contribution in [1.82, 2.24) is 15.5 Å². The summed E-state index contributed by atoms with van der Waals surface area (Å²) in [5, 5.41) is 14.3. The molecule has 2 atom stereocenters. The Kier molecular flexibility index (Phi) is 6.93. The molecule has 2 unspecified atom stereocenters. The highest BCUT2D eigenvalue weighted by atomic mass is 16.5. The Morgan fingerprint density at radius 2 is 2.29 bits per heavy atom. The lowest BCUT2D eigenvalue weighted by Gasteiger charge is -2.35. The van der Waals surface area contributed by atoms with E-state index < -0.39 is 30.4 Å². The summed E-state index contributed by atoms with van der Waals surface area (Å²) in [5.74, 6) is -1.55. The molecule has 120 valence electrons. The van der Waals surface area contributed by atoms with E-state index in [4.69, 9.17) is 9.84 Å². The smallest absolute Gasteiger partial charge is 0.318 e. The van der Waals surface area contributed by atoms with Crippen LogP contribution in [0.25, 0.3) is 0 Å². The number of amides is 3. The molecule has 8 nitrogen and oxygen atoms in total. The maximum absolute atomic E-state index is 12.3. The fraction of sp³-hybridized carbons (Fsp3) is 0.769. The standard InChI is InChI=1S/C13H23N3O5/c1-3-4-9(8-21-2)15-13(20)16-6-5-14-12(19)10(16)7-11(17)18/h9-10H,3-8H2,1-2H3,(H,14,19)(H,15,20)(H,17,18). The lowest BCUT2D eigenvalue weighted by atomic mass is 10.1. The molecule has 8 heteroatoms. The van der Waals surface area contributed by atoms with Crippen LogP contribution in [0.2, 0.25) is 0 Å². The Labute approximate surface area is 123 Å². The molecule has 0 aliphatic carbocycles. The first-order valence-electron chi connectivity index (χ1n) is 7.05. The average Bonchev–Trinajstić information content (AvgIpc) is 2.41. The third-order valence-corrected chi connectivity index (χ3v) is 3.29. The highest BCUT2D eigenvalue weighted by molar-refractivity contribution is 5.91. The maximum atomic E-state index is 12.3. The highest BCUT2D eigenvalue weighted by Crippen LogP contribution is 2.10. The van der Waals surface area contributed by atoms with Crippen LogP contribution in [0.3, 0.4) is 0 Å². The number of hydrogen-bond donors (Lipinski definition) is 3. The van der Waals surface area contributed by atoms with E-state index in [9.17, 15) is 14.4 Å². The van der Waals surface area contributed by atoms with Crippen LogP contribution in [-0.2, 0) is 14.3 Å². The van der Waals surface area contributed by atoms with Crippen molar-refractivity contribution in [1.29, 1.82) is 0 Å². The molecule has 1 rings (SSSR count). The van der Waals surface area contributed by atoms with Crippen LogP contribution in [0.5, 0.6) is 0 Å². The molecule has 1 aliphatic heterocycles. The van der Waals surface area contributed by atoms with Crippen molar-refractivity contribution in [3.63, 3.8) is 0 Å². The molecule has 0 bridgehead atoms. The normalized spacial score (nSPS) is 19.8. The van der Waals surface area contributed by atoms with Gasteiger partial charge in [-0.1, -0.05) is 13.3 Å². The van der Waals surface area contributed by atoms with E-state index in [-0.39, 0.29) is 6.04 Å². The molecule has 1 heterocycles. The molecule has 0 saturated carbocycles. The van der Waals surface area contributed by atoms with Crippen molar-refractivity contribution in [2.24, 2.45) is 0 Å². The number of hydrogen-bond acceptors (Lipinski definition) is 4. The topological polar surface area (TPSA) is 108 Å². The minimum atomic E-state index is -1.11. The van der Waals surface area contributed by atoms with Crippen LogP contribution < -0.4 is 10.6 Å². The maximum Gasteiger partial charge on any atom is 0.318 e. The lowest BCUT2D eigenvalue weighted by molar-refractivity contribution is -0.142. The van der Waals surface area contributed by atoms with Gasteiger partial charge >= 0.3 is 12.0 Å². The quantitative estimate of drug-likeness (QED) is 0.603. The summed E-state index contributed by atoms with van der Waals surface area (Å²) >= 11 is 0. The summed E-state index contributed by atoms with van der Waals surface area (Å²) in [6.45, 7) is 2.99. The molecule has 0 aromatic carbocycles. The molecule has 0 aromatic rings. The molecule has 1 fully saturated rings. The Morgan fingerprint density at radius 1 is 1.57 bits per heavy atom. The minimum absolute atomic E-state index is 0.150. The second kappa shape index (κ2) is 8.46. The Bertz CT molecular complexity index is 382. The second-order valence-corrected chi connectivity index (χ2v) is 4.99. The number of piperazine rings is 1. The van der Waals surface area contributed by atoms with Crippen LogP contribution in [0, 0.1) is 0 Å². The highest BCUT2D eigenvalue weighted by Gasteiger charge is 2.35. The van der Waals surface area contributed by atoms with Gasteiger partial charge in [-0.25, -0.2) is 4.79 Å². The summed E-state index contributed by atoms with van der Waals surface area (Å²) in [5.41, 5.74) is 0. The Hall–Kier alpha value is -1.83. The number of rotatable bonds is 7. The number of aliphatic carboxylic acids is 1. The number of urea groups is 1. The number of nitrogens with one attached hydrogen (secondary N) is 2. The lowest BCUT2D eigenvalue weighted by Crippen LogP contribution is -2.61. The molecule has 0 spiro atoms. The molecule has 1 aliphatic rings. The fourth-order valence-electron chi connectivity index (χ4n) is 2.33. The van der Waals surface area contributed by atoms with Gasteiger partial charge in [0, 0.05) is 20.2 Å². The van der Waals surface area contributed by atoms with Crippen LogP contribution in [0.15, 0.2) is 0 Å². The number of nitrogens with zero attached hydrogens (tertiary/aromatic N) is 1. The predicted octanol–water partition coefficient (Wildman–Crippen LogP) is -0.214. The van der Waals surface area contributed by atoms with Crippen molar-refractivity contribution in [3.8, 4) is 0 Å². The van der Waals surface area contributed by atoms with Crippen molar-refractivity contribution < 1.29 is 24.2 Å². The summed E-state index contributed by atoms with van der Waals surface area (Å²) in [7, 11) is 1.55. The first-order valence-corrected chi connectivity index (χ1v) is 7.05. The van der Waals surface area contributed by atoms with E-state index in [2.05, 4.69) is 10.6 Å². The van der Waals surface area contributed by atoms with E-state index in [1.165, 1.54) is 4.90 Å². The minimum Gasteiger partial charge on any atom is -0.481 e. The number of carboxylic acids is 1. The third-order valence-electron chi connectivity index (χ3n) is 3.29. The average molecular weight is 301 g/mol. The Balaban J connectivity index is 2.71. The van der Waals surface area contributed by atoms with Crippen molar-refractivity contribution in [3.05, 3.63) is 0 Å². The van der Waals surface area contributed by atoms with Crippen LogP contribution in [0.1, 0.15) is 26.2 Å². The Morgan fingerprint density at radius 3 is 2.86 bits per heavy atom. The first-order chi connectivity index (χ1) is 9.99. The van der Waals surface area contributed by atoms with Gasteiger partial charge in [-0.2, -0.15) is 0 Å². The molecule has 21 heavy (non-hydrogen) atoms. The SMILES string of the molecule is CCCC(COC)NC(=O)N1CCNC(=O)C1CC(=O)O. The fourth-order valence-corrected chi connectivity index (χ4v) is 2.33. The summed E-state index contributed by atoms with van der Waals surface area (Å²) in [6, 6.07) is -1.55. The van der Waals surface area contributed by atoms with Gasteiger partial charge in [0.1, 0.15) is 6.04 Å². The molecule has 3 N–H and O–H groups in total. The van der Waals surface area contributed by atoms with E-state index in [0.29, 0.717) is 19.7 Å². The number of carbonyl (C=O) groups is 3. The van der Waals surface area contributed by atoms with Crippen LogP contribution in [0.4, 0.5) is 4.79 Å². The van der Waals surface area contributed by atoms with Gasteiger partial charge in [-0.15, -0.1) is 0 Å². The summed E-state index contributed by atoms with van der Waals surface area (Å²) in [6.07, 6.45) is 1.23. The van der Waals surface area contributed by atoms with Gasteiger partial charge < -0.3 is 25.4 Å². The summed E-state index contributed by atoms with van der Waals surface area (Å²) in [4.78, 5) is 36.2. The zero-order chi connectivity index (χ0) is 15.8. The molecule has 1 saturated heterocycles. The van der Waals surface area contributed by atoms with Gasteiger partial charge in [0.25, 0.3) is 0 Å². The van der Waals surface area contributed by atoms with E-state index in [1.54, 1.807) is 7.11 Å². The van der Waals surface area contributed by atoms with Gasteiger partial charge in [0.15, 0.2) is 0 Å². The number of carbonyl (C=O) groups excluding carboxylic acids is 2. The molecule has 3 amide bonds. The summed E-state index contributed by atoms with van der Waals surface area (Å²) < 4.78 is 5.05. The van der Waals surface area contributed by atoms with Crippen LogP contribution >= 0.6 is 0 Å². The zero-order valence-corrected chi connectivity index (χ0v) is 12.4. The number of carboxylic acid groups (broad SMARTS) is 1. The van der Waals surface area contributed by atoms with E-state index >= 15 is 0 Å². The number of ether oxygens (including phenoxy) is 1. The zero-order valence-electron chi connectivity index (χ0n) is 12.4. The van der Waals surface area contributed by atoms with E-state index in [1.807, 2.05) is 6.92 Å². The third kappa shape index (κ3) is 5.22. The van der Waals surface area contributed by atoms with E-state index in [0.717, 1.165) is 12.8 Å². The van der Waals surface area contributed by atoms with Crippen molar-refractivity contribution in [2.75, 3.05) is 26.8 Å². The van der Waals surface area contributed by atoms with Gasteiger partial charge in [-0.05, 0) is 6.42 Å². The molecule has 0 radical (unpaired) electrons. The molecule has 0 aromatic heterocycles. The van der Waals surface area contributed by atoms with Crippen LogP contribution in [-0.4, -0.2) is 66.8 Å². The monoisotopic (exact) mass is 301 g/mol. The second-order valence-electron chi connectivity index (χ2n) is 4.99. The molecular formula is C13H23N3O5. The van der Waals surface area contributed by atoms with Crippen molar-refractivity contribution in [2.45, 2.75) is 38.3 Å². The molecular weight excluding hydrogens is 278 g/mol. The van der Waals surface area contributed by atoms with Gasteiger partial charge in [0.2, 0.25) is 5.91 Å². The largest absolute Gasteiger partial charge is 0.481 e. The van der Waals surface area contributed by atoms with Gasteiger partial charge in [0.05, 0.1) is 19.1 Å². The first kappa shape index (κ1) is 17.2. The van der Waals surface area contributed by atoms with Gasteiger partial charge in [-0.3, -0.25) is 9.59 Å². The number of methoxy groups -OCH3 is 1. The predicted molar refractivity (Wildman–Crippen MR) is 74.9 cm³/mol.